The molecule has 1 N–H and O–H groups in total. The van der Waals surface area contributed by atoms with Gasteiger partial charge in [-0.2, -0.15) is 5.26 Å². The highest BCUT2D eigenvalue weighted by molar-refractivity contribution is 7.99. The number of ether oxygens (including phenoxy) is 1. The molecule has 4 nitrogen and oxygen atoms in total. The topological polar surface area (TPSA) is 66.4 Å². The fraction of sp³-hybridized carbons (Fsp3) is 0.267. The zero-order valence-corrected chi connectivity index (χ0v) is 12.7. The predicted molar refractivity (Wildman–Crippen MR) is 81.3 cm³/mol. The molecule has 2 aromatic rings. The van der Waals surface area contributed by atoms with E-state index in [0.717, 1.165) is 10.7 Å². The molecule has 0 aliphatic rings. The van der Waals surface area contributed by atoms with Crippen molar-refractivity contribution in [2.45, 2.75) is 17.6 Å². The zero-order valence-electron chi connectivity index (χ0n) is 11.2. The van der Waals surface area contributed by atoms with Gasteiger partial charge in [0.15, 0.2) is 0 Å². The third-order valence-electron chi connectivity index (χ3n) is 2.63. The lowest BCUT2D eigenvalue weighted by Gasteiger charge is -2.11. The second-order valence-corrected chi connectivity index (χ2v) is 5.79. The van der Waals surface area contributed by atoms with Crippen molar-refractivity contribution in [1.29, 1.82) is 5.26 Å². The third kappa shape index (κ3) is 5.10. The number of aliphatic hydroxyl groups excluding tert-OH is 1. The van der Waals surface area contributed by atoms with Gasteiger partial charge in [0.25, 0.3) is 0 Å². The molecule has 0 spiro atoms. The Hall–Kier alpha value is -1.45. The molecule has 0 saturated heterocycles. The van der Waals surface area contributed by atoms with Crippen LogP contribution in [-0.4, -0.2) is 23.6 Å². The van der Waals surface area contributed by atoms with Crippen LogP contribution in [0, 0.1) is 11.3 Å². The molecule has 1 atom stereocenters. The first kappa shape index (κ1) is 15.9. The smallest absolute Gasteiger partial charge is 0.129 e. The molecule has 1 unspecified atom stereocenters. The average molecular weight is 324 g/mol. The second-order valence-electron chi connectivity index (χ2n) is 4.32. The fourth-order valence-electron chi connectivity index (χ4n) is 1.61. The second kappa shape index (κ2) is 8.11. The van der Waals surface area contributed by atoms with E-state index < -0.39 is 6.10 Å². The van der Waals surface area contributed by atoms with E-state index in [4.69, 9.17) is 26.0 Å². The fourth-order valence-corrected chi connectivity index (χ4v) is 2.79. The molecule has 110 valence electrons. The van der Waals surface area contributed by atoms with Crippen LogP contribution in [0.25, 0.3) is 0 Å². The zero-order chi connectivity index (χ0) is 15.1. The van der Waals surface area contributed by atoms with Gasteiger partial charge in [0.1, 0.15) is 12.4 Å². The number of aliphatic hydroxyl groups is 1. The van der Waals surface area contributed by atoms with Crippen molar-refractivity contribution in [2.24, 2.45) is 0 Å². The van der Waals surface area contributed by atoms with Crippen LogP contribution in [0.4, 0.5) is 0 Å². The molecule has 0 amide bonds. The largest absolute Gasteiger partial charge is 0.467 e. The minimum absolute atomic E-state index is 0.224. The number of nitriles is 1. The highest BCUT2D eigenvalue weighted by Crippen LogP contribution is 2.28. The normalized spacial score (nSPS) is 12.0. The molecule has 0 fully saturated rings. The van der Waals surface area contributed by atoms with E-state index in [1.165, 1.54) is 11.8 Å². The van der Waals surface area contributed by atoms with Gasteiger partial charge in [0, 0.05) is 10.6 Å². The number of nitrogens with zero attached hydrogens (tertiary/aromatic N) is 1. The SMILES string of the molecule is N#Cc1ccc(SCC(O)COCc2ccco2)c(Cl)c1. The quantitative estimate of drug-likeness (QED) is 0.790. The molecular weight excluding hydrogens is 310 g/mol. The maximum atomic E-state index is 9.86. The third-order valence-corrected chi connectivity index (χ3v) is 4.27. The van der Waals surface area contributed by atoms with Gasteiger partial charge < -0.3 is 14.3 Å². The van der Waals surface area contributed by atoms with Gasteiger partial charge in [-0.15, -0.1) is 11.8 Å². The molecule has 0 radical (unpaired) electrons. The van der Waals surface area contributed by atoms with Gasteiger partial charge in [0.05, 0.1) is 35.6 Å². The molecule has 21 heavy (non-hydrogen) atoms. The molecule has 1 heterocycles. The van der Waals surface area contributed by atoms with Crippen LogP contribution in [0.2, 0.25) is 5.02 Å². The van der Waals surface area contributed by atoms with E-state index in [0.29, 0.717) is 22.9 Å². The summed E-state index contributed by atoms with van der Waals surface area (Å²) in [5.74, 6) is 1.19. The molecule has 0 aliphatic carbocycles. The number of thioether (sulfide) groups is 1. The Morgan fingerprint density at radius 3 is 2.95 bits per heavy atom. The van der Waals surface area contributed by atoms with Crippen molar-refractivity contribution in [3.8, 4) is 6.07 Å². The lowest BCUT2D eigenvalue weighted by Crippen LogP contribution is -2.17. The average Bonchev–Trinajstić information content (AvgIpc) is 2.99. The van der Waals surface area contributed by atoms with Crippen molar-refractivity contribution < 1.29 is 14.3 Å². The minimum atomic E-state index is -0.600. The van der Waals surface area contributed by atoms with Crippen molar-refractivity contribution in [3.63, 3.8) is 0 Å². The van der Waals surface area contributed by atoms with E-state index in [9.17, 15) is 5.11 Å². The lowest BCUT2D eigenvalue weighted by molar-refractivity contribution is 0.0328. The minimum Gasteiger partial charge on any atom is -0.467 e. The van der Waals surface area contributed by atoms with E-state index in [1.807, 2.05) is 12.1 Å². The number of halogens is 1. The monoisotopic (exact) mass is 323 g/mol. The predicted octanol–water partition coefficient (Wildman–Crippen LogP) is 3.47. The van der Waals surface area contributed by atoms with Gasteiger partial charge in [-0.05, 0) is 30.3 Å². The number of hydrogen-bond donors (Lipinski definition) is 1. The van der Waals surface area contributed by atoms with Gasteiger partial charge in [-0.25, -0.2) is 0 Å². The number of hydrogen-bond acceptors (Lipinski definition) is 5. The number of furan rings is 1. The van der Waals surface area contributed by atoms with Gasteiger partial charge >= 0.3 is 0 Å². The molecular formula is C15H14ClNO3S. The summed E-state index contributed by atoms with van der Waals surface area (Å²) in [7, 11) is 0. The van der Waals surface area contributed by atoms with Crippen molar-refractivity contribution in [2.75, 3.05) is 12.4 Å². The summed E-state index contributed by atoms with van der Waals surface area (Å²) in [5, 5.41) is 19.1. The van der Waals surface area contributed by atoms with Crippen LogP contribution in [0.1, 0.15) is 11.3 Å². The Bertz CT molecular complexity index is 610. The highest BCUT2D eigenvalue weighted by atomic mass is 35.5. The Balaban J connectivity index is 1.73. The van der Waals surface area contributed by atoms with E-state index in [-0.39, 0.29) is 6.61 Å². The lowest BCUT2D eigenvalue weighted by atomic mass is 10.2. The summed E-state index contributed by atoms with van der Waals surface area (Å²) in [6.07, 6.45) is 0.981. The highest BCUT2D eigenvalue weighted by Gasteiger charge is 2.09. The van der Waals surface area contributed by atoms with Crippen molar-refractivity contribution >= 4 is 23.4 Å². The molecule has 2 rings (SSSR count). The maximum absolute atomic E-state index is 9.86. The van der Waals surface area contributed by atoms with Crippen LogP contribution in [-0.2, 0) is 11.3 Å². The van der Waals surface area contributed by atoms with Gasteiger partial charge in [-0.1, -0.05) is 11.6 Å². The van der Waals surface area contributed by atoms with Gasteiger partial charge in [-0.3, -0.25) is 0 Å². The van der Waals surface area contributed by atoms with Crippen LogP contribution in [0.5, 0.6) is 0 Å². The Kier molecular flexibility index (Phi) is 6.15. The van der Waals surface area contributed by atoms with Crippen LogP contribution in [0.15, 0.2) is 45.9 Å². The summed E-state index contributed by atoms with van der Waals surface area (Å²) in [6, 6.07) is 10.7. The first-order valence-corrected chi connectivity index (χ1v) is 7.66. The van der Waals surface area contributed by atoms with Crippen LogP contribution < -0.4 is 0 Å². The Labute approximate surface area is 132 Å². The van der Waals surface area contributed by atoms with Gasteiger partial charge in [0.2, 0.25) is 0 Å². The number of benzene rings is 1. The Morgan fingerprint density at radius 2 is 2.29 bits per heavy atom. The summed E-state index contributed by atoms with van der Waals surface area (Å²) in [5.41, 5.74) is 0.520. The van der Waals surface area contributed by atoms with E-state index in [2.05, 4.69) is 0 Å². The van der Waals surface area contributed by atoms with Crippen molar-refractivity contribution in [3.05, 3.63) is 52.9 Å². The van der Waals surface area contributed by atoms with E-state index >= 15 is 0 Å². The summed E-state index contributed by atoms with van der Waals surface area (Å²) in [6.45, 7) is 0.563. The first-order valence-electron chi connectivity index (χ1n) is 6.29. The molecule has 0 aliphatic heterocycles. The van der Waals surface area contributed by atoms with E-state index in [1.54, 1.807) is 30.5 Å². The molecule has 0 bridgehead atoms. The summed E-state index contributed by atoms with van der Waals surface area (Å²) in [4.78, 5) is 0.834. The van der Waals surface area contributed by atoms with Crippen LogP contribution in [0.3, 0.4) is 0 Å². The molecule has 0 saturated carbocycles. The summed E-state index contributed by atoms with van der Waals surface area (Å²) >= 11 is 7.49. The molecule has 6 heteroatoms. The van der Waals surface area contributed by atoms with Crippen molar-refractivity contribution in [1.82, 2.24) is 0 Å². The molecule has 1 aromatic heterocycles. The number of rotatable bonds is 7. The first-order chi connectivity index (χ1) is 10.2. The summed E-state index contributed by atoms with van der Waals surface area (Å²) < 4.78 is 10.5. The maximum Gasteiger partial charge on any atom is 0.129 e. The Morgan fingerprint density at radius 1 is 1.43 bits per heavy atom. The van der Waals surface area contributed by atoms with Crippen LogP contribution >= 0.6 is 23.4 Å². The molecule has 1 aromatic carbocycles. The standard InChI is InChI=1S/C15H14ClNO3S/c16-14-6-11(7-17)3-4-15(14)21-10-12(18)8-19-9-13-2-1-5-20-13/h1-6,12,18H,8-10H2.